The number of hydrogen-bond donors (Lipinski definition) is 1. The summed E-state index contributed by atoms with van der Waals surface area (Å²) in [6.45, 7) is 1.63. The van der Waals surface area contributed by atoms with E-state index in [-0.39, 0.29) is 5.03 Å². The largest absolute Gasteiger partial charge is 0.313 e. The molecule has 1 aromatic heterocycles. The molecule has 4 nitrogen and oxygen atoms in total. The molecule has 0 fully saturated rings. The minimum absolute atomic E-state index is 0.00463. The molecule has 1 heterocycles. The van der Waals surface area contributed by atoms with Gasteiger partial charge in [-0.2, -0.15) is 0 Å². The average Bonchev–Trinajstić information content (AvgIpc) is 1.92. The number of aryl methyl sites for hydroxylation is 1. The smallest absolute Gasteiger partial charge is 0.248 e. The summed E-state index contributed by atoms with van der Waals surface area (Å²) >= 11 is 0. The molecule has 0 aliphatic rings. The predicted molar refractivity (Wildman–Crippen MR) is 44.9 cm³/mol. The van der Waals surface area contributed by atoms with Gasteiger partial charge in [-0.1, -0.05) is 6.07 Å². The molecule has 0 aromatic carbocycles. The second-order valence-electron chi connectivity index (χ2n) is 2.61. The van der Waals surface area contributed by atoms with Gasteiger partial charge in [0.2, 0.25) is 5.56 Å². The van der Waals surface area contributed by atoms with E-state index >= 15 is 0 Å². The van der Waals surface area contributed by atoms with Crippen molar-refractivity contribution in [3.63, 3.8) is 0 Å². The lowest BCUT2D eigenvalue weighted by molar-refractivity contribution is 0.597. The van der Waals surface area contributed by atoms with Crippen LogP contribution in [0, 0.1) is 6.92 Å². The Labute approximate surface area is 70.2 Å². The fourth-order valence-corrected chi connectivity index (χ4v) is 1.85. The van der Waals surface area contributed by atoms with Crippen molar-refractivity contribution in [1.29, 1.82) is 0 Å². The number of H-pyrrole nitrogens is 1. The van der Waals surface area contributed by atoms with Crippen molar-refractivity contribution in [3.05, 3.63) is 28.0 Å². The highest BCUT2D eigenvalue weighted by molar-refractivity contribution is 7.90. The molecule has 1 N–H and O–H groups in total. The minimum Gasteiger partial charge on any atom is -0.313 e. The summed E-state index contributed by atoms with van der Waals surface area (Å²) in [5.41, 5.74) is 0.151. The van der Waals surface area contributed by atoms with Crippen molar-refractivity contribution < 1.29 is 8.42 Å². The molecule has 0 amide bonds. The third-order valence-corrected chi connectivity index (χ3v) is 2.62. The van der Waals surface area contributed by atoms with Gasteiger partial charge in [-0.05, 0) is 12.5 Å². The van der Waals surface area contributed by atoms with Crippen LogP contribution in [0.25, 0.3) is 0 Å². The first-order chi connectivity index (χ1) is 5.41. The highest BCUT2D eigenvalue weighted by Gasteiger charge is 2.10. The molecule has 0 radical (unpaired) electrons. The van der Waals surface area contributed by atoms with E-state index in [1.54, 1.807) is 6.92 Å². The highest BCUT2D eigenvalue weighted by Crippen LogP contribution is 2.07. The summed E-state index contributed by atoms with van der Waals surface area (Å²) < 4.78 is 22.1. The molecule has 1 rings (SSSR count). The van der Waals surface area contributed by atoms with E-state index in [9.17, 15) is 13.2 Å². The number of nitrogens with one attached hydrogen (secondary N) is 1. The number of rotatable bonds is 1. The molecule has 5 heteroatoms. The van der Waals surface area contributed by atoms with E-state index in [1.807, 2.05) is 0 Å². The van der Waals surface area contributed by atoms with E-state index in [4.69, 9.17) is 0 Å². The monoisotopic (exact) mass is 187 g/mol. The van der Waals surface area contributed by atoms with Crippen LogP contribution < -0.4 is 5.56 Å². The van der Waals surface area contributed by atoms with Crippen LogP contribution in [0.3, 0.4) is 0 Å². The summed E-state index contributed by atoms with van der Waals surface area (Å²) in [5.74, 6) is 0. The second-order valence-corrected chi connectivity index (χ2v) is 4.56. The van der Waals surface area contributed by atoms with Crippen LogP contribution >= 0.6 is 0 Å². The van der Waals surface area contributed by atoms with Crippen LogP contribution in [-0.4, -0.2) is 19.7 Å². The Balaban J connectivity index is 3.54. The van der Waals surface area contributed by atoms with Crippen molar-refractivity contribution in [2.24, 2.45) is 0 Å². The SMILES string of the molecule is Cc1ccc(=O)[nH]c1S(C)(=O)=O. The molecule has 0 spiro atoms. The van der Waals surface area contributed by atoms with Crippen LogP contribution in [0.5, 0.6) is 0 Å². The number of aromatic amines is 1. The summed E-state index contributed by atoms with van der Waals surface area (Å²) in [4.78, 5) is 13.0. The van der Waals surface area contributed by atoms with E-state index in [2.05, 4.69) is 4.98 Å². The van der Waals surface area contributed by atoms with Crippen LogP contribution in [0.15, 0.2) is 22.0 Å². The maximum Gasteiger partial charge on any atom is 0.248 e. The van der Waals surface area contributed by atoms with Crippen LogP contribution in [0.1, 0.15) is 5.56 Å². The maximum atomic E-state index is 11.0. The lowest BCUT2D eigenvalue weighted by Gasteiger charge is -2.00. The zero-order chi connectivity index (χ0) is 9.35. The predicted octanol–water partition coefficient (Wildman–Crippen LogP) is 0.0868. The lowest BCUT2D eigenvalue weighted by Crippen LogP contribution is -2.12. The van der Waals surface area contributed by atoms with Crippen molar-refractivity contribution >= 4 is 9.84 Å². The van der Waals surface area contributed by atoms with Gasteiger partial charge in [0.05, 0.1) is 0 Å². The Morgan fingerprint density at radius 1 is 1.33 bits per heavy atom. The van der Waals surface area contributed by atoms with Crippen molar-refractivity contribution in [2.75, 3.05) is 6.26 Å². The van der Waals surface area contributed by atoms with Gasteiger partial charge >= 0.3 is 0 Å². The first kappa shape index (κ1) is 8.99. The molecule has 0 saturated heterocycles. The second kappa shape index (κ2) is 2.75. The molecule has 1 aromatic rings. The quantitative estimate of drug-likeness (QED) is 0.677. The summed E-state index contributed by atoms with van der Waals surface area (Å²) in [6.07, 6.45) is 1.06. The van der Waals surface area contributed by atoms with Gasteiger partial charge in [-0.25, -0.2) is 8.42 Å². The van der Waals surface area contributed by atoms with E-state index in [1.165, 1.54) is 12.1 Å². The normalized spacial score (nSPS) is 11.5. The Morgan fingerprint density at radius 2 is 1.92 bits per heavy atom. The fourth-order valence-electron chi connectivity index (χ4n) is 0.914. The Morgan fingerprint density at radius 3 is 2.33 bits per heavy atom. The molecule has 66 valence electrons. The van der Waals surface area contributed by atoms with Crippen molar-refractivity contribution in [3.8, 4) is 0 Å². The first-order valence-corrected chi connectivity index (χ1v) is 5.20. The van der Waals surface area contributed by atoms with Crippen molar-refractivity contribution in [1.82, 2.24) is 4.98 Å². The standard InChI is InChI=1S/C7H9NO3S/c1-5-3-4-6(9)8-7(5)12(2,10)11/h3-4H,1-2H3,(H,8,9). The lowest BCUT2D eigenvalue weighted by atomic mass is 10.3. The molecule has 0 atom stereocenters. The Hall–Kier alpha value is -1.10. The zero-order valence-corrected chi connectivity index (χ0v) is 7.60. The molecule has 0 unspecified atom stereocenters. The Kier molecular flexibility index (Phi) is 2.06. The van der Waals surface area contributed by atoms with Crippen molar-refractivity contribution in [2.45, 2.75) is 11.9 Å². The molecular weight excluding hydrogens is 178 g/mol. The van der Waals surface area contributed by atoms with E-state index in [0.29, 0.717) is 5.56 Å². The third-order valence-electron chi connectivity index (χ3n) is 1.45. The highest BCUT2D eigenvalue weighted by atomic mass is 32.2. The average molecular weight is 187 g/mol. The summed E-state index contributed by atoms with van der Waals surface area (Å²) in [5, 5.41) is -0.00463. The van der Waals surface area contributed by atoms with Gasteiger partial charge in [0.15, 0.2) is 9.84 Å². The molecule has 0 saturated carbocycles. The molecular formula is C7H9NO3S. The van der Waals surface area contributed by atoms with Gasteiger partial charge in [-0.3, -0.25) is 4.79 Å². The Bertz CT molecular complexity index is 444. The number of sulfone groups is 1. The van der Waals surface area contributed by atoms with Crippen LogP contribution in [0.4, 0.5) is 0 Å². The van der Waals surface area contributed by atoms with Gasteiger partial charge in [-0.15, -0.1) is 0 Å². The minimum atomic E-state index is -3.31. The van der Waals surface area contributed by atoms with Crippen LogP contribution in [-0.2, 0) is 9.84 Å². The molecule has 0 aliphatic carbocycles. The third kappa shape index (κ3) is 1.73. The zero-order valence-electron chi connectivity index (χ0n) is 6.79. The van der Waals surface area contributed by atoms with E-state index < -0.39 is 15.4 Å². The fraction of sp³-hybridized carbons (Fsp3) is 0.286. The van der Waals surface area contributed by atoms with Gasteiger partial charge in [0.1, 0.15) is 5.03 Å². The van der Waals surface area contributed by atoms with Crippen LogP contribution in [0.2, 0.25) is 0 Å². The maximum absolute atomic E-state index is 11.0. The number of pyridine rings is 1. The van der Waals surface area contributed by atoms with Gasteiger partial charge in [0.25, 0.3) is 0 Å². The van der Waals surface area contributed by atoms with Gasteiger partial charge in [0, 0.05) is 12.3 Å². The van der Waals surface area contributed by atoms with E-state index in [0.717, 1.165) is 6.26 Å². The summed E-state index contributed by atoms with van der Waals surface area (Å²) in [7, 11) is -3.31. The van der Waals surface area contributed by atoms with Gasteiger partial charge < -0.3 is 4.98 Å². The first-order valence-electron chi connectivity index (χ1n) is 3.31. The molecule has 12 heavy (non-hydrogen) atoms. The number of hydrogen-bond acceptors (Lipinski definition) is 3. The number of aromatic nitrogens is 1. The molecule has 0 aliphatic heterocycles. The topological polar surface area (TPSA) is 67.0 Å². The molecule has 0 bridgehead atoms. The summed E-state index contributed by atoms with van der Waals surface area (Å²) in [6, 6.07) is 2.78.